The Kier molecular flexibility index (Phi) is 6.11. The van der Waals surface area contributed by atoms with E-state index in [1.807, 2.05) is 13.8 Å². The van der Waals surface area contributed by atoms with Crippen LogP contribution in [0, 0.1) is 11.8 Å². The quantitative estimate of drug-likeness (QED) is 0.739. The maximum Gasteiger partial charge on any atom is 0.310 e. The monoisotopic (exact) mass is 385 g/mol. The summed E-state index contributed by atoms with van der Waals surface area (Å²) in [5, 5.41) is 5.46. The number of likely N-dealkylation sites (tertiary alicyclic amines) is 1. The summed E-state index contributed by atoms with van der Waals surface area (Å²) in [4.78, 5) is 39.8. The number of hydrogen-bond acceptors (Lipinski definition) is 5. The van der Waals surface area contributed by atoms with Crippen LogP contribution in [0.3, 0.4) is 0 Å². The average molecular weight is 385 g/mol. The first-order valence-electron chi connectivity index (χ1n) is 9.88. The molecule has 1 unspecified atom stereocenters. The Bertz CT molecular complexity index is 935. The minimum atomic E-state index is -0.314. The number of carbonyl (C=O) groups excluding carboxylic acids is 2. The first-order chi connectivity index (χ1) is 13.4. The molecule has 0 aliphatic carbocycles. The van der Waals surface area contributed by atoms with Gasteiger partial charge in [-0.15, -0.1) is 0 Å². The van der Waals surface area contributed by atoms with Gasteiger partial charge in [-0.3, -0.25) is 14.4 Å². The Balaban J connectivity index is 1.98. The van der Waals surface area contributed by atoms with Gasteiger partial charge in [-0.2, -0.15) is 5.10 Å². The van der Waals surface area contributed by atoms with Crippen LogP contribution in [-0.4, -0.2) is 46.3 Å². The number of piperidine rings is 1. The molecule has 7 heteroatoms. The SMILES string of the molecule is CCOC(=O)C1CCCN(C(=O)c2nn(CC(C)C)c(=O)c3ccccc23)C1. The molecule has 1 amide bonds. The zero-order chi connectivity index (χ0) is 20.3. The molecule has 28 heavy (non-hydrogen) atoms. The summed E-state index contributed by atoms with van der Waals surface area (Å²) in [6.45, 7) is 7.42. The van der Waals surface area contributed by atoms with Gasteiger partial charge in [0.25, 0.3) is 11.5 Å². The van der Waals surface area contributed by atoms with E-state index in [1.165, 1.54) is 4.68 Å². The van der Waals surface area contributed by atoms with Gasteiger partial charge in [0.05, 0.1) is 17.9 Å². The number of esters is 1. The van der Waals surface area contributed by atoms with Crippen molar-refractivity contribution in [1.82, 2.24) is 14.7 Å². The second-order valence-corrected chi connectivity index (χ2v) is 7.62. The number of amides is 1. The van der Waals surface area contributed by atoms with E-state index in [0.717, 1.165) is 6.42 Å². The van der Waals surface area contributed by atoms with Crippen molar-refractivity contribution in [1.29, 1.82) is 0 Å². The highest BCUT2D eigenvalue weighted by atomic mass is 16.5. The van der Waals surface area contributed by atoms with Crippen LogP contribution < -0.4 is 5.56 Å². The van der Waals surface area contributed by atoms with Crippen molar-refractivity contribution in [3.63, 3.8) is 0 Å². The van der Waals surface area contributed by atoms with E-state index in [0.29, 0.717) is 43.4 Å². The maximum absolute atomic E-state index is 13.3. The van der Waals surface area contributed by atoms with E-state index in [4.69, 9.17) is 4.74 Å². The first-order valence-corrected chi connectivity index (χ1v) is 9.88. The fourth-order valence-electron chi connectivity index (χ4n) is 3.63. The molecular formula is C21H27N3O4. The molecule has 7 nitrogen and oxygen atoms in total. The lowest BCUT2D eigenvalue weighted by Crippen LogP contribution is -2.43. The smallest absolute Gasteiger partial charge is 0.310 e. The summed E-state index contributed by atoms with van der Waals surface area (Å²) in [6, 6.07) is 7.06. The van der Waals surface area contributed by atoms with Crippen molar-refractivity contribution in [2.75, 3.05) is 19.7 Å². The number of ether oxygens (including phenoxy) is 1. The van der Waals surface area contributed by atoms with Crippen LogP contribution in [0.25, 0.3) is 10.8 Å². The fraction of sp³-hybridized carbons (Fsp3) is 0.524. The van der Waals surface area contributed by atoms with Gasteiger partial charge in [-0.25, -0.2) is 4.68 Å². The summed E-state index contributed by atoms with van der Waals surface area (Å²) in [6.07, 6.45) is 1.45. The van der Waals surface area contributed by atoms with Crippen LogP contribution in [0.5, 0.6) is 0 Å². The van der Waals surface area contributed by atoms with Gasteiger partial charge in [0.2, 0.25) is 0 Å². The van der Waals surface area contributed by atoms with Gasteiger partial charge < -0.3 is 9.64 Å². The average Bonchev–Trinajstić information content (AvgIpc) is 2.69. The number of carbonyl (C=O) groups is 2. The standard InChI is InChI=1S/C21H27N3O4/c1-4-28-21(27)15-8-7-11-23(13-15)20(26)18-16-9-5-6-10-17(16)19(25)24(22-18)12-14(2)3/h5-6,9-10,14-15H,4,7-8,11-13H2,1-3H3. The summed E-state index contributed by atoms with van der Waals surface area (Å²) in [5.41, 5.74) is 0.0734. The predicted octanol–water partition coefficient (Wildman–Crippen LogP) is 2.47. The highest BCUT2D eigenvalue weighted by Gasteiger charge is 2.31. The highest BCUT2D eigenvalue weighted by molar-refractivity contribution is 6.04. The number of benzene rings is 1. The van der Waals surface area contributed by atoms with Gasteiger partial charge in [-0.05, 0) is 31.7 Å². The molecule has 1 saturated heterocycles. The number of fused-ring (bicyclic) bond motifs is 1. The lowest BCUT2D eigenvalue weighted by atomic mass is 9.97. The molecule has 1 aromatic carbocycles. The molecule has 0 saturated carbocycles. The molecular weight excluding hydrogens is 358 g/mol. The van der Waals surface area contributed by atoms with Gasteiger partial charge in [0.1, 0.15) is 0 Å². The number of aromatic nitrogens is 2. The van der Waals surface area contributed by atoms with Crippen molar-refractivity contribution >= 4 is 22.6 Å². The summed E-state index contributed by atoms with van der Waals surface area (Å²) >= 11 is 0. The topological polar surface area (TPSA) is 81.5 Å². The van der Waals surface area contributed by atoms with Crippen LogP contribution >= 0.6 is 0 Å². The highest BCUT2D eigenvalue weighted by Crippen LogP contribution is 2.22. The third kappa shape index (κ3) is 4.08. The second-order valence-electron chi connectivity index (χ2n) is 7.62. The van der Waals surface area contributed by atoms with E-state index in [-0.39, 0.29) is 35.0 Å². The normalized spacial score (nSPS) is 17.1. The van der Waals surface area contributed by atoms with Crippen LogP contribution in [0.2, 0.25) is 0 Å². The van der Waals surface area contributed by atoms with E-state index in [2.05, 4.69) is 5.10 Å². The molecule has 1 aromatic heterocycles. The Hall–Kier alpha value is -2.70. The molecule has 2 heterocycles. The molecule has 1 aliphatic rings. The van der Waals surface area contributed by atoms with Gasteiger partial charge in [0.15, 0.2) is 5.69 Å². The van der Waals surface area contributed by atoms with Gasteiger partial charge in [-0.1, -0.05) is 32.0 Å². The lowest BCUT2D eigenvalue weighted by Gasteiger charge is -2.31. The Morgan fingerprint density at radius 3 is 2.64 bits per heavy atom. The Morgan fingerprint density at radius 2 is 1.96 bits per heavy atom. The minimum Gasteiger partial charge on any atom is -0.466 e. The third-order valence-electron chi connectivity index (χ3n) is 4.94. The molecule has 3 rings (SSSR count). The van der Waals surface area contributed by atoms with Crippen molar-refractivity contribution in [3.05, 3.63) is 40.3 Å². The van der Waals surface area contributed by atoms with Crippen LogP contribution in [-0.2, 0) is 16.1 Å². The largest absolute Gasteiger partial charge is 0.466 e. The molecule has 0 N–H and O–H groups in total. The molecule has 0 spiro atoms. The lowest BCUT2D eigenvalue weighted by molar-refractivity contribution is -0.149. The van der Waals surface area contributed by atoms with Gasteiger partial charge >= 0.3 is 5.97 Å². The maximum atomic E-state index is 13.3. The van der Waals surface area contributed by atoms with E-state index in [9.17, 15) is 14.4 Å². The van der Waals surface area contributed by atoms with E-state index >= 15 is 0 Å². The summed E-state index contributed by atoms with van der Waals surface area (Å²) in [5.74, 6) is -0.603. The van der Waals surface area contributed by atoms with Crippen LogP contribution in [0.1, 0.15) is 44.1 Å². The predicted molar refractivity (Wildman–Crippen MR) is 106 cm³/mol. The molecule has 2 aromatic rings. The van der Waals surface area contributed by atoms with Crippen LogP contribution in [0.4, 0.5) is 0 Å². The van der Waals surface area contributed by atoms with Crippen LogP contribution in [0.15, 0.2) is 29.1 Å². The molecule has 0 radical (unpaired) electrons. The number of hydrogen-bond donors (Lipinski definition) is 0. The zero-order valence-electron chi connectivity index (χ0n) is 16.7. The summed E-state index contributed by atoms with van der Waals surface area (Å²) < 4.78 is 6.51. The van der Waals surface area contributed by atoms with Gasteiger partial charge in [0, 0.05) is 25.0 Å². The minimum absolute atomic E-state index is 0.191. The molecule has 150 valence electrons. The number of nitrogens with zero attached hydrogens (tertiary/aromatic N) is 3. The summed E-state index contributed by atoms with van der Waals surface area (Å²) in [7, 11) is 0. The number of rotatable bonds is 5. The molecule has 1 fully saturated rings. The van der Waals surface area contributed by atoms with Crippen molar-refractivity contribution < 1.29 is 14.3 Å². The molecule has 1 atom stereocenters. The third-order valence-corrected chi connectivity index (χ3v) is 4.94. The first kappa shape index (κ1) is 20.0. The zero-order valence-corrected chi connectivity index (χ0v) is 16.7. The Labute approximate surface area is 164 Å². The Morgan fingerprint density at radius 1 is 1.25 bits per heavy atom. The second kappa shape index (κ2) is 8.54. The molecule has 1 aliphatic heterocycles. The van der Waals surface area contributed by atoms with Crippen molar-refractivity contribution in [2.45, 2.75) is 40.2 Å². The van der Waals surface area contributed by atoms with Crippen molar-refractivity contribution in [2.24, 2.45) is 11.8 Å². The van der Waals surface area contributed by atoms with E-state index in [1.54, 1.807) is 36.1 Å². The van der Waals surface area contributed by atoms with E-state index < -0.39 is 0 Å². The molecule has 0 bridgehead atoms. The fourth-order valence-corrected chi connectivity index (χ4v) is 3.63. The van der Waals surface area contributed by atoms with Crippen molar-refractivity contribution in [3.8, 4) is 0 Å².